The van der Waals surface area contributed by atoms with Gasteiger partial charge in [-0.3, -0.25) is 0 Å². The number of thioether (sulfide) groups is 1. The first-order valence-electron chi connectivity index (χ1n) is 5.93. The van der Waals surface area contributed by atoms with Crippen molar-refractivity contribution in [1.82, 2.24) is 10.2 Å². The molecule has 2 heterocycles. The maximum absolute atomic E-state index is 12.0. The summed E-state index contributed by atoms with van der Waals surface area (Å²) >= 11 is 1.43. The molecule has 2 N–H and O–H groups in total. The Hall–Kier alpha value is -1.63. The predicted molar refractivity (Wildman–Crippen MR) is 71.0 cm³/mol. The summed E-state index contributed by atoms with van der Waals surface area (Å²) in [6, 6.07) is 2.20. The second-order valence-corrected chi connectivity index (χ2v) is 5.44. The second kappa shape index (κ2) is 5.56. The van der Waals surface area contributed by atoms with Gasteiger partial charge in [0.25, 0.3) is 0 Å². The van der Waals surface area contributed by atoms with Crippen molar-refractivity contribution in [2.45, 2.75) is 25.9 Å². The van der Waals surface area contributed by atoms with Crippen molar-refractivity contribution in [3.05, 3.63) is 23.7 Å². The Labute approximate surface area is 115 Å². The molecule has 1 aliphatic heterocycles. The van der Waals surface area contributed by atoms with Crippen molar-refractivity contribution >= 4 is 23.8 Å². The van der Waals surface area contributed by atoms with E-state index in [2.05, 4.69) is 5.32 Å². The first kappa shape index (κ1) is 13.8. The van der Waals surface area contributed by atoms with Gasteiger partial charge in [-0.25, -0.2) is 9.59 Å². The fourth-order valence-corrected chi connectivity index (χ4v) is 3.02. The van der Waals surface area contributed by atoms with Crippen molar-refractivity contribution in [2.24, 2.45) is 0 Å². The van der Waals surface area contributed by atoms with E-state index in [4.69, 9.17) is 9.52 Å². The third kappa shape index (κ3) is 3.04. The average Bonchev–Trinajstić information content (AvgIpc) is 2.96. The van der Waals surface area contributed by atoms with Crippen molar-refractivity contribution in [2.75, 3.05) is 11.6 Å². The van der Waals surface area contributed by atoms with Gasteiger partial charge in [-0.05, 0) is 26.0 Å². The molecule has 1 unspecified atom stereocenters. The zero-order valence-corrected chi connectivity index (χ0v) is 11.6. The molecule has 1 aromatic rings. The largest absolute Gasteiger partial charge is 0.480 e. The SMILES string of the molecule is Cc1ccc(C(C)NC(=O)N2CSC[C@H]2C(=O)O)o1. The minimum atomic E-state index is -0.971. The number of urea groups is 1. The quantitative estimate of drug-likeness (QED) is 0.884. The van der Waals surface area contributed by atoms with E-state index in [0.717, 1.165) is 5.76 Å². The second-order valence-electron chi connectivity index (χ2n) is 4.44. The number of carbonyl (C=O) groups is 2. The van der Waals surface area contributed by atoms with Gasteiger partial charge in [-0.2, -0.15) is 0 Å². The molecule has 0 saturated carbocycles. The minimum Gasteiger partial charge on any atom is -0.480 e. The number of aliphatic carboxylic acids is 1. The zero-order chi connectivity index (χ0) is 14.0. The number of amides is 2. The van der Waals surface area contributed by atoms with Crippen LogP contribution >= 0.6 is 11.8 Å². The van der Waals surface area contributed by atoms with Crippen LogP contribution in [0.3, 0.4) is 0 Å². The number of nitrogens with zero attached hydrogens (tertiary/aromatic N) is 1. The smallest absolute Gasteiger partial charge is 0.327 e. The summed E-state index contributed by atoms with van der Waals surface area (Å²) < 4.78 is 5.43. The van der Waals surface area contributed by atoms with E-state index >= 15 is 0 Å². The fraction of sp³-hybridized carbons (Fsp3) is 0.500. The molecule has 0 aromatic carbocycles. The molecule has 2 amide bonds. The highest BCUT2D eigenvalue weighted by Crippen LogP contribution is 2.22. The van der Waals surface area contributed by atoms with Gasteiger partial charge < -0.3 is 19.7 Å². The lowest BCUT2D eigenvalue weighted by Crippen LogP contribution is -2.47. The molecular formula is C12H16N2O4S. The molecule has 0 radical (unpaired) electrons. The van der Waals surface area contributed by atoms with Gasteiger partial charge in [0.2, 0.25) is 0 Å². The highest BCUT2D eigenvalue weighted by molar-refractivity contribution is 7.99. The molecule has 1 saturated heterocycles. The van der Waals surface area contributed by atoms with Gasteiger partial charge in [0.05, 0.1) is 11.9 Å². The van der Waals surface area contributed by atoms with Crippen molar-refractivity contribution in [1.29, 1.82) is 0 Å². The third-order valence-electron chi connectivity index (χ3n) is 2.96. The number of furan rings is 1. The maximum atomic E-state index is 12.0. The molecule has 0 spiro atoms. The van der Waals surface area contributed by atoms with Crippen LogP contribution in [-0.2, 0) is 4.79 Å². The van der Waals surface area contributed by atoms with Crippen LogP contribution in [0.25, 0.3) is 0 Å². The molecular weight excluding hydrogens is 268 g/mol. The molecule has 6 nitrogen and oxygen atoms in total. The number of carboxylic acids is 1. The molecule has 1 fully saturated rings. The van der Waals surface area contributed by atoms with Gasteiger partial charge in [-0.1, -0.05) is 0 Å². The lowest BCUT2D eigenvalue weighted by Gasteiger charge is -2.22. The van der Waals surface area contributed by atoms with E-state index in [-0.39, 0.29) is 12.1 Å². The number of carboxylic acid groups (broad SMARTS) is 1. The molecule has 104 valence electrons. The molecule has 1 aromatic heterocycles. The van der Waals surface area contributed by atoms with Gasteiger partial charge in [0, 0.05) is 5.75 Å². The standard InChI is InChI=1S/C12H16N2O4S/c1-7-3-4-10(18-7)8(2)13-12(17)14-6-19-5-9(14)11(15)16/h3-4,8-9H,5-6H2,1-2H3,(H,13,17)(H,15,16)/t8?,9-/m0/s1. The molecule has 0 bridgehead atoms. The number of nitrogens with one attached hydrogen (secondary N) is 1. The Balaban J connectivity index is 1.99. The number of hydrogen-bond acceptors (Lipinski definition) is 4. The van der Waals surface area contributed by atoms with Crippen LogP contribution in [0.15, 0.2) is 16.5 Å². The molecule has 2 atom stereocenters. The Kier molecular flexibility index (Phi) is 4.04. The Bertz CT molecular complexity index is 488. The molecule has 0 aliphatic carbocycles. The Morgan fingerprint density at radius 3 is 2.89 bits per heavy atom. The van der Waals surface area contributed by atoms with Crippen molar-refractivity contribution < 1.29 is 19.1 Å². The molecule has 19 heavy (non-hydrogen) atoms. The first-order valence-corrected chi connectivity index (χ1v) is 7.08. The lowest BCUT2D eigenvalue weighted by atomic mass is 10.2. The topological polar surface area (TPSA) is 82.8 Å². The van der Waals surface area contributed by atoms with E-state index in [0.29, 0.717) is 17.4 Å². The number of carbonyl (C=O) groups excluding carboxylic acids is 1. The average molecular weight is 284 g/mol. The van der Waals surface area contributed by atoms with Gasteiger partial charge in [-0.15, -0.1) is 11.8 Å². The summed E-state index contributed by atoms with van der Waals surface area (Å²) in [5, 5.41) is 11.8. The van der Waals surface area contributed by atoms with Crippen LogP contribution in [0.4, 0.5) is 4.79 Å². The monoisotopic (exact) mass is 284 g/mol. The highest BCUT2D eigenvalue weighted by Gasteiger charge is 2.35. The number of aryl methyl sites for hydroxylation is 1. The minimum absolute atomic E-state index is 0.291. The van der Waals surface area contributed by atoms with Crippen molar-refractivity contribution in [3.8, 4) is 0 Å². The third-order valence-corrected chi connectivity index (χ3v) is 3.97. The zero-order valence-electron chi connectivity index (χ0n) is 10.8. The predicted octanol–water partition coefficient (Wildman–Crippen LogP) is 1.82. The van der Waals surface area contributed by atoms with E-state index < -0.39 is 12.0 Å². The lowest BCUT2D eigenvalue weighted by molar-refractivity contribution is -0.140. The number of hydrogen-bond donors (Lipinski definition) is 2. The van der Waals surface area contributed by atoms with Gasteiger partial charge in [0.1, 0.15) is 17.6 Å². The Morgan fingerprint density at radius 2 is 2.32 bits per heavy atom. The fourth-order valence-electron chi connectivity index (χ4n) is 1.87. The number of rotatable bonds is 3. The van der Waals surface area contributed by atoms with E-state index in [1.807, 2.05) is 13.0 Å². The van der Waals surface area contributed by atoms with Gasteiger partial charge in [0.15, 0.2) is 0 Å². The molecule has 1 aliphatic rings. The van der Waals surface area contributed by atoms with Crippen LogP contribution < -0.4 is 5.32 Å². The van der Waals surface area contributed by atoms with Crippen LogP contribution in [0.5, 0.6) is 0 Å². The summed E-state index contributed by atoms with van der Waals surface area (Å²) in [6.45, 7) is 3.63. The molecule has 2 rings (SSSR count). The van der Waals surface area contributed by atoms with E-state index in [1.165, 1.54) is 16.7 Å². The Morgan fingerprint density at radius 1 is 1.58 bits per heavy atom. The maximum Gasteiger partial charge on any atom is 0.327 e. The summed E-state index contributed by atoms with van der Waals surface area (Å²) in [7, 11) is 0. The van der Waals surface area contributed by atoms with E-state index in [1.54, 1.807) is 13.0 Å². The summed E-state index contributed by atoms with van der Waals surface area (Å²) in [5.74, 6) is 1.28. The summed E-state index contributed by atoms with van der Waals surface area (Å²) in [5.41, 5.74) is 0. The highest BCUT2D eigenvalue weighted by atomic mass is 32.2. The summed E-state index contributed by atoms with van der Waals surface area (Å²) in [4.78, 5) is 24.4. The van der Waals surface area contributed by atoms with Crippen molar-refractivity contribution in [3.63, 3.8) is 0 Å². The first-order chi connectivity index (χ1) is 8.99. The normalized spacial score (nSPS) is 20.3. The molecule has 7 heteroatoms. The van der Waals surface area contributed by atoms with Crippen LogP contribution in [0.1, 0.15) is 24.5 Å². The van der Waals surface area contributed by atoms with Crippen LogP contribution in [0.2, 0.25) is 0 Å². The van der Waals surface area contributed by atoms with Crippen LogP contribution in [0, 0.1) is 6.92 Å². The van der Waals surface area contributed by atoms with Gasteiger partial charge >= 0.3 is 12.0 Å². The van der Waals surface area contributed by atoms with E-state index in [9.17, 15) is 9.59 Å². The van der Waals surface area contributed by atoms with Crippen LogP contribution in [-0.4, -0.2) is 39.7 Å². The summed E-state index contributed by atoms with van der Waals surface area (Å²) in [6.07, 6.45) is 0.